The van der Waals surface area contributed by atoms with Crippen molar-refractivity contribution >= 4 is 33.1 Å². The number of quaternary nitrogens is 1. The van der Waals surface area contributed by atoms with Gasteiger partial charge in [-0.15, -0.1) is 11.3 Å². The third-order valence-corrected chi connectivity index (χ3v) is 7.09. The van der Waals surface area contributed by atoms with E-state index in [1.54, 1.807) is 11.3 Å². The summed E-state index contributed by atoms with van der Waals surface area (Å²) in [5.41, 5.74) is 3.12. The number of thiophene rings is 1. The summed E-state index contributed by atoms with van der Waals surface area (Å²) < 4.78 is 0. The molecule has 2 atom stereocenters. The molecule has 2 heterocycles. The van der Waals surface area contributed by atoms with Crippen molar-refractivity contribution in [1.29, 1.82) is 0 Å². The average molecular weight is 426 g/mol. The monoisotopic (exact) mass is 425 g/mol. The summed E-state index contributed by atoms with van der Waals surface area (Å²) in [4.78, 5) is 35.1. The highest BCUT2D eigenvalue weighted by Crippen LogP contribution is 2.35. The number of nitrogens with two attached hydrogens (primary N) is 1. The van der Waals surface area contributed by atoms with Gasteiger partial charge in [-0.25, -0.2) is 4.98 Å². The van der Waals surface area contributed by atoms with Gasteiger partial charge < -0.3 is 15.6 Å². The molecule has 1 aliphatic rings. The first-order valence-electron chi connectivity index (χ1n) is 10.7. The van der Waals surface area contributed by atoms with E-state index in [1.165, 1.54) is 10.4 Å². The fourth-order valence-corrected chi connectivity index (χ4v) is 5.52. The summed E-state index contributed by atoms with van der Waals surface area (Å²) in [6.45, 7) is 6.56. The maximum Gasteiger partial charge on any atom is 0.279 e. The van der Waals surface area contributed by atoms with Gasteiger partial charge in [0.1, 0.15) is 10.9 Å². The molecule has 7 heteroatoms. The van der Waals surface area contributed by atoms with Crippen molar-refractivity contribution in [3.8, 4) is 0 Å². The van der Waals surface area contributed by atoms with Crippen LogP contribution in [-0.4, -0.2) is 22.4 Å². The van der Waals surface area contributed by atoms with Crippen LogP contribution < -0.4 is 16.2 Å². The van der Waals surface area contributed by atoms with E-state index in [2.05, 4.69) is 24.1 Å². The summed E-state index contributed by atoms with van der Waals surface area (Å²) in [6.07, 6.45) is 3.99. The fourth-order valence-electron chi connectivity index (χ4n) is 4.13. The lowest BCUT2D eigenvalue weighted by Crippen LogP contribution is -2.87. The first-order valence-corrected chi connectivity index (χ1v) is 11.5. The lowest BCUT2D eigenvalue weighted by molar-refractivity contribution is -0.683. The van der Waals surface area contributed by atoms with E-state index < -0.39 is 0 Å². The van der Waals surface area contributed by atoms with Crippen LogP contribution in [0.25, 0.3) is 10.2 Å². The first kappa shape index (κ1) is 20.8. The van der Waals surface area contributed by atoms with Gasteiger partial charge >= 0.3 is 0 Å². The molecule has 0 fully saturated rings. The van der Waals surface area contributed by atoms with Gasteiger partial charge in [0.25, 0.3) is 11.5 Å². The van der Waals surface area contributed by atoms with Gasteiger partial charge in [0.05, 0.1) is 5.39 Å². The zero-order chi connectivity index (χ0) is 21.3. The van der Waals surface area contributed by atoms with Crippen LogP contribution >= 0.6 is 11.3 Å². The predicted molar refractivity (Wildman–Crippen MR) is 121 cm³/mol. The Bertz CT molecular complexity index is 1130. The highest BCUT2D eigenvalue weighted by atomic mass is 32.1. The number of hydrogen-bond acceptors (Lipinski definition) is 4. The molecular weight excluding hydrogens is 396 g/mol. The zero-order valence-corrected chi connectivity index (χ0v) is 18.6. The molecule has 0 unspecified atom stereocenters. The topological polar surface area (TPSA) is 91.5 Å². The smallest absolute Gasteiger partial charge is 0.279 e. The van der Waals surface area contributed by atoms with Crippen molar-refractivity contribution in [3.05, 3.63) is 56.4 Å². The maximum absolute atomic E-state index is 12.8. The molecule has 1 aliphatic carbocycles. The highest BCUT2D eigenvalue weighted by Gasteiger charge is 2.24. The van der Waals surface area contributed by atoms with Gasteiger partial charge in [-0.3, -0.25) is 9.59 Å². The number of fused-ring (bicyclic) bond motifs is 3. The van der Waals surface area contributed by atoms with E-state index >= 15 is 0 Å². The van der Waals surface area contributed by atoms with Crippen molar-refractivity contribution in [2.75, 3.05) is 11.9 Å². The number of amides is 1. The van der Waals surface area contributed by atoms with Gasteiger partial charge in [0.15, 0.2) is 12.4 Å². The summed E-state index contributed by atoms with van der Waals surface area (Å²) >= 11 is 1.66. The number of benzene rings is 1. The second-order valence-corrected chi connectivity index (χ2v) is 9.35. The van der Waals surface area contributed by atoms with Crippen molar-refractivity contribution in [2.45, 2.75) is 52.5 Å². The van der Waals surface area contributed by atoms with Gasteiger partial charge in [-0.2, -0.15) is 0 Å². The number of carbonyl (C=O) groups excluding carboxylic acids is 1. The molecule has 3 aromatic rings. The third-order valence-electron chi connectivity index (χ3n) is 5.94. The van der Waals surface area contributed by atoms with E-state index in [0.29, 0.717) is 11.7 Å². The Balaban J connectivity index is 1.46. The average Bonchev–Trinajstić information content (AvgIpc) is 3.10. The van der Waals surface area contributed by atoms with Gasteiger partial charge in [0.2, 0.25) is 0 Å². The van der Waals surface area contributed by atoms with E-state index in [4.69, 9.17) is 4.98 Å². The number of para-hydroxylation sites is 1. The normalized spacial score (nSPS) is 17.0. The molecule has 1 amide bonds. The van der Waals surface area contributed by atoms with E-state index in [-0.39, 0.29) is 24.1 Å². The molecule has 2 aromatic heterocycles. The van der Waals surface area contributed by atoms with E-state index in [9.17, 15) is 9.59 Å². The number of nitrogens with zero attached hydrogens (tertiary/aromatic N) is 1. The Morgan fingerprint density at radius 2 is 2.20 bits per heavy atom. The van der Waals surface area contributed by atoms with Gasteiger partial charge in [-0.1, -0.05) is 32.0 Å². The van der Waals surface area contributed by atoms with Crippen LogP contribution in [0, 0.1) is 5.92 Å². The number of nitrogens with one attached hydrogen (secondary N) is 2. The summed E-state index contributed by atoms with van der Waals surface area (Å²) in [5.74, 6) is 1.22. The number of H-pyrrole nitrogens is 1. The van der Waals surface area contributed by atoms with Crippen LogP contribution in [0.4, 0.5) is 5.69 Å². The molecule has 158 valence electrons. The van der Waals surface area contributed by atoms with Gasteiger partial charge in [0, 0.05) is 10.6 Å². The standard InChI is InChI=1S/C23H28N4O2S/c1-4-15-7-5-6-8-17(15)25-19(28)12-24-14(3)21-26-22(29)20-16-10-9-13(2)11-18(16)30-23(20)27-21/h5-8,13-14,24H,4,9-12H2,1-3H3,(H,25,28)(H,26,27,29)/p+1/t13-,14-/m0/s1. The summed E-state index contributed by atoms with van der Waals surface area (Å²) in [5, 5.41) is 5.66. The van der Waals surface area contributed by atoms with E-state index in [0.717, 1.165) is 47.2 Å². The molecule has 0 saturated heterocycles. The fraction of sp³-hybridized carbons (Fsp3) is 0.435. The van der Waals surface area contributed by atoms with Crippen LogP contribution in [0.1, 0.15) is 55.1 Å². The maximum atomic E-state index is 12.8. The number of rotatable bonds is 6. The zero-order valence-electron chi connectivity index (χ0n) is 17.7. The quantitative estimate of drug-likeness (QED) is 0.567. The molecule has 1 aromatic carbocycles. The molecule has 30 heavy (non-hydrogen) atoms. The van der Waals surface area contributed by atoms with Gasteiger partial charge in [-0.05, 0) is 55.7 Å². The minimum absolute atomic E-state index is 0.0522. The SMILES string of the molecule is CCc1ccccc1NC(=O)C[NH2+][C@@H](C)c1nc2sc3c(c2c(=O)[nH]1)CC[C@H](C)C3. The largest absolute Gasteiger partial charge is 0.330 e. The second kappa shape index (κ2) is 8.70. The molecule has 6 nitrogen and oxygen atoms in total. The van der Waals surface area contributed by atoms with Crippen molar-refractivity contribution in [1.82, 2.24) is 9.97 Å². The number of carbonyl (C=O) groups is 1. The second-order valence-electron chi connectivity index (χ2n) is 8.27. The Labute approximate surface area is 180 Å². The molecule has 4 rings (SSSR count). The van der Waals surface area contributed by atoms with Crippen molar-refractivity contribution < 1.29 is 10.1 Å². The number of aryl methyl sites for hydroxylation is 2. The Hall–Kier alpha value is -2.51. The molecular formula is C23H29N4O2S+. The Morgan fingerprint density at radius 3 is 3.00 bits per heavy atom. The van der Waals surface area contributed by atoms with Crippen LogP contribution in [0.5, 0.6) is 0 Å². The minimum atomic E-state index is -0.118. The molecule has 0 saturated carbocycles. The van der Waals surface area contributed by atoms with Crippen molar-refractivity contribution in [2.24, 2.45) is 5.92 Å². The Morgan fingerprint density at radius 1 is 1.40 bits per heavy atom. The number of aromatic amines is 1. The first-order chi connectivity index (χ1) is 14.5. The molecule has 0 bridgehead atoms. The van der Waals surface area contributed by atoms with E-state index in [1.807, 2.05) is 36.5 Å². The highest BCUT2D eigenvalue weighted by molar-refractivity contribution is 7.18. The lowest BCUT2D eigenvalue weighted by Gasteiger charge is -2.17. The lowest BCUT2D eigenvalue weighted by atomic mass is 9.89. The molecule has 4 N–H and O–H groups in total. The molecule has 0 aliphatic heterocycles. The summed E-state index contributed by atoms with van der Waals surface area (Å²) in [6, 6.07) is 7.73. The van der Waals surface area contributed by atoms with Crippen LogP contribution in [0.2, 0.25) is 0 Å². The molecule has 0 radical (unpaired) electrons. The number of hydrogen-bond donors (Lipinski definition) is 3. The third kappa shape index (κ3) is 4.18. The number of aromatic nitrogens is 2. The van der Waals surface area contributed by atoms with Crippen LogP contribution in [0.3, 0.4) is 0 Å². The predicted octanol–water partition coefficient (Wildman–Crippen LogP) is 2.93. The molecule has 0 spiro atoms. The number of anilines is 1. The minimum Gasteiger partial charge on any atom is -0.330 e. The van der Waals surface area contributed by atoms with Crippen LogP contribution in [0.15, 0.2) is 29.1 Å². The van der Waals surface area contributed by atoms with Crippen LogP contribution in [-0.2, 0) is 24.1 Å². The summed E-state index contributed by atoms with van der Waals surface area (Å²) in [7, 11) is 0. The Kier molecular flexibility index (Phi) is 6.01. The van der Waals surface area contributed by atoms with Crippen molar-refractivity contribution in [3.63, 3.8) is 0 Å².